The molecule has 0 radical (unpaired) electrons. The molecular weight excluding hydrogens is 461 g/mol. The predicted octanol–water partition coefficient (Wildman–Crippen LogP) is 2.68. The first kappa shape index (κ1) is 22.4. The lowest BCUT2D eigenvalue weighted by molar-refractivity contribution is 0.0730. The predicted molar refractivity (Wildman–Crippen MR) is 116 cm³/mol. The third-order valence-electron chi connectivity index (χ3n) is 5.07. The molecule has 2 heterocycles. The van der Waals surface area contributed by atoms with Gasteiger partial charge in [-0.2, -0.15) is 4.31 Å². The molecule has 1 fully saturated rings. The van der Waals surface area contributed by atoms with Gasteiger partial charge in [0.2, 0.25) is 10.0 Å². The Bertz CT molecular complexity index is 1280. The number of carbonyl (C=O) groups excluding carboxylic acids is 1. The highest BCUT2D eigenvalue weighted by Crippen LogP contribution is 2.33. The zero-order valence-corrected chi connectivity index (χ0v) is 18.3. The molecule has 2 N–H and O–H groups in total. The number of aromatic hydroxyl groups is 1. The second-order valence-electron chi connectivity index (χ2n) is 7.15. The number of nitrogens with one attached hydrogen (secondary N) is 1. The summed E-state index contributed by atoms with van der Waals surface area (Å²) in [6, 6.07) is 8.64. The van der Waals surface area contributed by atoms with Gasteiger partial charge in [0, 0.05) is 36.2 Å². The minimum absolute atomic E-state index is 0.121. The van der Waals surface area contributed by atoms with Crippen molar-refractivity contribution < 1.29 is 27.4 Å². The number of carbonyl (C=O) groups is 1. The average molecular weight is 480 g/mol. The lowest BCUT2D eigenvalue weighted by Crippen LogP contribution is -2.40. The van der Waals surface area contributed by atoms with E-state index in [-0.39, 0.29) is 54.2 Å². The fourth-order valence-corrected chi connectivity index (χ4v) is 5.09. The maximum Gasteiger partial charge on any atom is 0.256 e. The molecule has 0 bridgehead atoms. The van der Waals surface area contributed by atoms with Gasteiger partial charge in [0.1, 0.15) is 22.0 Å². The highest BCUT2D eigenvalue weighted by Gasteiger charge is 2.30. The van der Waals surface area contributed by atoms with Crippen LogP contribution in [0.25, 0.3) is 10.9 Å². The molecule has 32 heavy (non-hydrogen) atoms. The van der Waals surface area contributed by atoms with Crippen molar-refractivity contribution >= 4 is 38.4 Å². The molecule has 1 amide bonds. The molecule has 0 atom stereocenters. The van der Waals surface area contributed by atoms with Crippen molar-refractivity contribution in [2.24, 2.45) is 0 Å². The number of benzene rings is 2. The van der Waals surface area contributed by atoms with Crippen LogP contribution < -0.4 is 5.32 Å². The topological polar surface area (TPSA) is 109 Å². The number of hydrogen-bond acceptors (Lipinski definition) is 6. The number of nitrogens with zero attached hydrogens (tertiary/aromatic N) is 2. The second kappa shape index (κ2) is 8.99. The van der Waals surface area contributed by atoms with Crippen LogP contribution in [0.5, 0.6) is 5.75 Å². The maximum atomic E-state index is 14.4. The number of fused-ring (bicyclic) bond motifs is 1. The van der Waals surface area contributed by atoms with Gasteiger partial charge in [0.05, 0.1) is 18.7 Å². The van der Waals surface area contributed by atoms with Crippen LogP contribution in [-0.4, -0.2) is 55.0 Å². The minimum atomic E-state index is -4.08. The lowest BCUT2D eigenvalue weighted by atomic mass is 10.1. The van der Waals surface area contributed by atoms with Crippen LogP contribution in [0, 0.1) is 5.82 Å². The summed E-state index contributed by atoms with van der Waals surface area (Å²) in [6.07, 6.45) is 1.07. The van der Waals surface area contributed by atoms with Gasteiger partial charge in [0.25, 0.3) is 5.91 Å². The molecule has 0 unspecified atom stereocenters. The highest BCUT2D eigenvalue weighted by atomic mass is 35.5. The summed E-state index contributed by atoms with van der Waals surface area (Å²) >= 11 is 5.84. The van der Waals surface area contributed by atoms with Crippen LogP contribution in [0.2, 0.25) is 5.02 Å². The molecule has 0 spiro atoms. The molecular formula is C21H19ClFN3O5S. The van der Waals surface area contributed by atoms with E-state index < -0.39 is 27.5 Å². The first-order chi connectivity index (χ1) is 15.3. The van der Waals surface area contributed by atoms with E-state index >= 15 is 0 Å². The number of halogens is 2. The van der Waals surface area contributed by atoms with E-state index in [0.717, 1.165) is 23.9 Å². The summed E-state index contributed by atoms with van der Waals surface area (Å²) in [5.41, 5.74) is 0.456. The lowest BCUT2D eigenvalue weighted by Gasteiger charge is -2.26. The van der Waals surface area contributed by atoms with Gasteiger partial charge in [0.15, 0.2) is 0 Å². The van der Waals surface area contributed by atoms with Gasteiger partial charge in [-0.15, -0.1) is 0 Å². The van der Waals surface area contributed by atoms with E-state index in [0.29, 0.717) is 5.02 Å². The molecule has 0 saturated carbocycles. The van der Waals surface area contributed by atoms with Gasteiger partial charge >= 0.3 is 0 Å². The van der Waals surface area contributed by atoms with Gasteiger partial charge in [-0.3, -0.25) is 9.78 Å². The smallest absolute Gasteiger partial charge is 0.256 e. The fraction of sp³-hybridized carbons (Fsp3) is 0.238. The second-order valence-corrected chi connectivity index (χ2v) is 9.49. The Balaban J connectivity index is 1.68. The Morgan fingerprint density at radius 1 is 1.22 bits per heavy atom. The van der Waals surface area contributed by atoms with Gasteiger partial charge in [-0.05, 0) is 29.8 Å². The number of ether oxygens (including phenoxy) is 1. The number of aromatic nitrogens is 1. The summed E-state index contributed by atoms with van der Waals surface area (Å²) in [4.78, 5) is 16.3. The van der Waals surface area contributed by atoms with Crippen molar-refractivity contribution in [1.82, 2.24) is 14.6 Å². The van der Waals surface area contributed by atoms with Crippen molar-refractivity contribution in [3.63, 3.8) is 0 Å². The Hall–Kier alpha value is -2.79. The molecule has 11 heteroatoms. The molecule has 1 saturated heterocycles. The van der Waals surface area contributed by atoms with Crippen molar-refractivity contribution in [2.75, 3.05) is 26.3 Å². The maximum absolute atomic E-state index is 14.4. The zero-order chi connectivity index (χ0) is 22.9. The molecule has 168 valence electrons. The summed E-state index contributed by atoms with van der Waals surface area (Å²) in [5.74, 6) is -2.07. The van der Waals surface area contributed by atoms with Crippen LogP contribution in [0.3, 0.4) is 0 Å². The van der Waals surface area contributed by atoms with Crippen molar-refractivity contribution in [2.45, 2.75) is 11.4 Å². The van der Waals surface area contributed by atoms with Gasteiger partial charge in [-0.25, -0.2) is 12.8 Å². The average Bonchev–Trinajstić information content (AvgIpc) is 2.79. The quantitative estimate of drug-likeness (QED) is 0.582. The Labute approximate surface area is 188 Å². The fourth-order valence-electron chi connectivity index (χ4n) is 3.39. The molecule has 4 rings (SSSR count). The summed E-state index contributed by atoms with van der Waals surface area (Å²) < 4.78 is 46.8. The van der Waals surface area contributed by atoms with E-state index in [4.69, 9.17) is 16.3 Å². The number of pyridine rings is 1. The summed E-state index contributed by atoms with van der Waals surface area (Å²) in [7, 11) is -4.08. The first-order valence-electron chi connectivity index (χ1n) is 9.69. The van der Waals surface area contributed by atoms with Crippen LogP contribution in [0.1, 0.15) is 15.9 Å². The van der Waals surface area contributed by atoms with Crippen LogP contribution in [0.15, 0.2) is 47.5 Å². The van der Waals surface area contributed by atoms with E-state index in [9.17, 15) is 22.7 Å². The number of hydrogen-bond donors (Lipinski definition) is 2. The zero-order valence-electron chi connectivity index (χ0n) is 16.7. The Kier molecular flexibility index (Phi) is 6.29. The molecule has 8 nitrogen and oxygen atoms in total. The van der Waals surface area contributed by atoms with E-state index in [1.54, 1.807) is 24.3 Å². The highest BCUT2D eigenvalue weighted by molar-refractivity contribution is 7.89. The molecule has 0 aliphatic carbocycles. The normalized spacial score (nSPS) is 15.1. The number of amides is 1. The van der Waals surface area contributed by atoms with Crippen molar-refractivity contribution in [3.8, 4) is 5.75 Å². The van der Waals surface area contributed by atoms with Crippen LogP contribution >= 0.6 is 11.6 Å². The first-order valence-corrected chi connectivity index (χ1v) is 11.5. The Morgan fingerprint density at radius 3 is 2.59 bits per heavy atom. The van der Waals surface area contributed by atoms with Gasteiger partial charge < -0.3 is 15.2 Å². The number of morpholine rings is 1. The van der Waals surface area contributed by atoms with Gasteiger partial charge in [-0.1, -0.05) is 23.7 Å². The number of rotatable bonds is 5. The van der Waals surface area contributed by atoms with Crippen LogP contribution in [0.4, 0.5) is 4.39 Å². The minimum Gasteiger partial charge on any atom is -0.506 e. The SMILES string of the molecule is O=C(NCc1ccc(Cl)cc1)c1cnc2c(S(=O)(=O)N3CCOCC3)cc(F)cc2c1O. The largest absolute Gasteiger partial charge is 0.506 e. The van der Waals surface area contributed by atoms with Crippen molar-refractivity contribution in [1.29, 1.82) is 0 Å². The number of sulfonamides is 1. The Morgan fingerprint density at radius 2 is 1.91 bits per heavy atom. The third kappa shape index (κ3) is 4.40. The van der Waals surface area contributed by atoms with E-state index in [1.165, 1.54) is 4.31 Å². The summed E-state index contributed by atoms with van der Waals surface area (Å²) in [5, 5.41) is 13.7. The van der Waals surface area contributed by atoms with E-state index in [2.05, 4.69) is 10.3 Å². The van der Waals surface area contributed by atoms with Crippen LogP contribution in [-0.2, 0) is 21.3 Å². The molecule has 2 aromatic carbocycles. The van der Waals surface area contributed by atoms with E-state index in [1.807, 2.05) is 0 Å². The molecule has 1 aliphatic rings. The molecule has 3 aromatic rings. The molecule has 1 aliphatic heterocycles. The monoisotopic (exact) mass is 479 g/mol. The van der Waals surface area contributed by atoms with Crippen molar-refractivity contribution in [3.05, 3.63) is 64.6 Å². The standard InChI is InChI=1S/C21H19ClFN3O5S/c22-14-3-1-13(2-4-14)11-25-21(28)17-12-24-19-16(20(17)27)9-15(23)10-18(19)32(29,30)26-5-7-31-8-6-26/h1-4,9-10,12H,5-8,11H2,(H,24,27)(H,25,28). The molecule has 1 aromatic heterocycles. The summed E-state index contributed by atoms with van der Waals surface area (Å²) in [6.45, 7) is 0.856. The third-order valence-corrected chi connectivity index (χ3v) is 7.24.